The number of carbonyl (C=O) groups is 1. The van der Waals surface area contributed by atoms with Crippen LogP contribution < -0.4 is 5.32 Å². The first-order valence-electron chi connectivity index (χ1n) is 9.00. The van der Waals surface area contributed by atoms with Crippen LogP contribution in [0, 0.1) is 0 Å². The van der Waals surface area contributed by atoms with Gasteiger partial charge in [0.15, 0.2) is 0 Å². The largest absolute Gasteiger partial charge is 0.361 e. The Hall–Kier alpha value is -2.59. The van der Waals surface area contributed by atoms with E-state index < -0.39 is 0 Å². The van der Waals surface area contributed by atoms with Crippen molar-refractivity contribution in [1.82, 2.24) is 10.2 Å². The van der Waals surface area contributed by atoms with Crippen molar-refractivity contribution in [2.75, 3.05) is 6.54 Å². The number of allylic oxidation sites excluding steroid dienone is 1. The fourth-order valence-corrected chi connectivity index (χ4v) is 4.19. The Kier molecular flexibility index (Phi) is 5.74. The van der Waals surface area contributed by atoms with Gasteiger partial charge in [-0.1, -0.05) is 50.8 Å². The summed E-state index contributed by atoms with van der Waals surface area (Å²) in [4.78, 5) is 16.5. The number of nitrogens with one attached hydrogen (secondary N) is 1. The molecule has 134 valence electrons. The van der Waals surface area contributed by atoms with E-state index in [1.807, 2.05) is 49.1 Å². The summed E-state index contributed by atoms with van der Waals surface area (Å²) in [7, 11) is 0. The molecule has 3 nitrogen and oxygen atoms in total. The van der Waals surface area contributed by atoms with Crippen LogP contribution in [0.5, 0.6) is 0 Å². The molecule has 1 N–H and O–H groups in total. The van der Waals surface area contributed by atoms with E-state index in [9.17, 15) is 4.79 Å². The Morgan fingerprint density at radius 1 is 1.19 bits per heavy atom. The van der Waals surface area contributed by atoms with Gasteiger partial charge >= 0.3 is 0 Å². The molecule has 2 aliphatic heterocycles. The minimum absolute atomic E-state index is 0.0203. The summed E-state index contributed by atoms with van der Waals surface area (Å²) in [5.41, 5.74) is 3.87. The van der Waals surface area contributed by atoms with Crippen molar-refractivity contribution >= 4 is 17.2 Å². The third-order valence-electron chi connectivity index (χ3n) is 4.47. The monoisotopic (exact) mass is 364 g/mol. The lowest BCUT2D eigenvalue weighted by Gasteiger charge is -2.36. The predicted molar refractivity (Wildman–Crippen MR) is 109 cm³/mol. The maximum absolute atomic E-state index is 13.1. The number of benzene rings is 1. The van der Waals surface area contributed by atoms with Crippen molar-refractivity contribution in [3.05, 3.63) is 94.0 Å². The van der Waals surface area contributed by atoms with Gasteiger partial charge in [0, 0.05) is 23.3 Å². The van der Waals surface area contributed by atoms with E-state index in [1.54, 1.807) is 17.5 Å². The fraction of sp³-hybridized carbons (Fsp3) is 0.227. The van der Waals surface area contributed by atoms with Crippen LogP contribution in [0.1, 0.15) is 35.9 Å². The number of dihydropyridines is 1. The first kappa shape index (κ1) is 18.2. The zero-order valence-corrected chi connectivity index (χ0v) is 16.1. The molecule has 0 spiro atoms. The van der Waals surface area contributed by atoms with Gasteiger partial charge in [0.1, 0.15) is 0 Å². The molecule has 4 rings (SSSR count). The van der Waals surface area contributed by atoms with Crippen LogP contribution in [-0.4, -0.2) is 17.4 Å². The van der Waals surface area contributed by atoms with Gasteiger partial charge in [0.2, 0.25) is 0 Å². The number of thiophene rings is 1. The molecular weight excluding hydrogens is 340 g/mol. The second kappa shape index (κ2) is 8.19. The van der Waals surface area contributed by atoms with Gasteiger partial charge in [-0.2, -0.15) is 0 Å². The fourth-order valence-electron chi connectivity index (χ4n) is 3.29. The summed E-state index contributed by atoms with van der Waals surface area (Å²) in [6.45, 7) is 8.57. The zero-order valence-electron chi connectivity index (χ0n) is 15.2. The Balaban J connectivity index is 0.000000948. The number of rotatable bonds is 2. The molecule has 1 amide bonds. The van der Waals surface area contributed by atoms with Crippen LogP contribution >= 0.6 is 11.3 Å². The van der Waals surface area contributed by atoms with Crippen molar-refractivity contribution in [3.8, 4) is 0 Å². The van der Waals surface area contributed by atoms with Gasteiger partial charge < -0.3 is 10.2 Å². The molecular formula is C22H24N2OS. The van der Waals surface area contributed by atoms with E-state index >= 15 is 0 Å². The van der Waals surface area contributed by atoms with E-state index in [2.05, 4.69) is 35.5 Å². The topological polar surface area (TPSA) is 32.3 Å². The Bertz CT molecular complexity index is 848. The minimum Gasteiger partial charge on any atom is -0.361 e. The molecule has 1 aromatic carbocycles. The van der Waals surface area contributed by atoms with Crippen LogP contribution in [0.3, 0.4) is 0 Å². The third kappa shape index (κ3) is 3.51. The Morgan fingerprint density at radius 3 is 2.65 bits per heavy atom. The maximum Gasteiger partial charge on any atom is 0.256 e. The highest BCUT2D eigenvalue weighted by atomic mass is 32.1. The summed E-state index contributed by atoms with van der Waals surface area (Å²) in [6.07, 6.45) is 6.34. The quantitative estimate of drug-likeness (QED) is 0.830. The van der Waals surface area contributed by atoms with E-state index in [0.29, 0.717) is 5.57 Å². The van der Waals surface area contributed by atoms with Crippen molar-refractivity contribution in [2.24, 2.45) is 0 Å². The van der Waals surface area contributed by atoms with E-state index in [1.165, 1.54) is 10.4 Å². The molecule has 0 radical (unpaired) electrons. The van der Waals surface area contributed by atoms with Crippen LogP contribution in [0.4, 0.5) is 0 Å². The standard InChI is InChI=1S/C20H18N2OS.C2H6/c1-14-7-8-16(13-21-14)20(23)22-11-9-18-17(10-12-24-18)19(22)15-5-3-2-4-6-15;1-2/h2-8,10,12-13,19,21H,1,9,11H2;1-2H3. The SMILES string of the molecule is C=C1C=CC(C(=O)N2CCc3sccc3C2c2ccccc2)=CN1.CC. The molecule has 1 aromatic heterocycles. The van der Waals surface area contributed by atoms with Crippen molar-refractivity contribution < 1.29 is 4.79 Å². The highest BCUT2D eigenvalue weighted by Crippen LogP contribution is 2.38. The minimum atomic E-state index is -0.0203. The van der Waals surface area contributed by atoms with Crippen molar-refractivity contribution in [1.29, 1.82) is 0 Å². The van der Waals surface area contributed by atoms with Crippen LogP contribution in [0.15, 0.2) is 78.0 Å². The maximum atomic E-state index is 13.1. The summed E-state index contributed by atoms with van der Waals surface area (Å²) in [6, 6.07) is 12.4. The predicted octanol–water partition coefficient (Wildman–Crippen LogP) is 4.81. The first-order chi connectivity index (χ1) is 12.7. The highest BCUT2D eigenvalue weighted by molar-refractivity contribution is 7.10. The van der Waals surface area contributed by atoms with E-state index in [4.69, 9.17) is 0 Å². The van der Waals surface area contributed by atoms with Gasteiger partial charge in [-0.25, -0.2) is 0 Å². The second-order valence-electron chi connectivity index (χ2n) is 5.96. The average Bonchev–Trinajstić information content (AvgIpc) is 3.18. The lowest BCUT2D eigenvalue weighted by Crippen LogP contribution is -2.41. The molecule has 3 heterocycles. The van der Waals surface area contributed by atoms with Gasteiger partial charge in [0.25, 0.3) is 5.91 Å². The Morgan fingerprint density at radius 2 is 1.96 bits per heavy atom. The summed E-state index contributed by atoms with van der Waals surface area (Å²) in [5.74, 6) is 0.0527. The molecule has 0 aliphatic carbocycles. The van der Waals surface area contributed by atoms with Crippen LogP contribution in [-0.2, 0) is 11.2 Å². The highest BCUT2D eigenvalue weighted by Gasteiger charge is 2.33. The van der Waals surface area contributed by atoms with Gasteiger partial charge in [0.05, 0.1) is 11.6 Å². The number of amides is 1. The molecule has 26 heavy (non-hydrogen) atoms. The molecule has 0 fully saturated rings. The molecule has 1 unspecified atom stereocenters. The van der Waals surface area contributed by atoms with Crippen molar-refractivity contribution in [2.45, 2.75) is 26.3 Å². The van der Waals surface area contributed by atoms with Crippen molar-refractivity contribution in [3.63, 3.8) is 0 Å². The first-order valence-corrected chi connectivity index (χ1v) is 9.88. The number of hydrogen-bond acceptors (Lipinski definition) is 3. The van der Waals surface area contributed by atoms with Crippen LogP contribution in [0.2, 0.25) is 0 Å². The number of hydrogen-bond donors (Lipinski definition) is 1. The molecule has 1 atom stereocenters. The molecule has 0 bridgehead atoms. The molecule has 0 saturated heterocycles. The summed E-state index contributed by atoms with van der Waals surface area (Å²) < 4.78 is 0. The normalized spacial score (nSPS) is 18.2. The third-order valence-corrected chi connectivity index (χ3v) is 5.46. The number of nitrogens with zero attached hydrogens (tertiary/aromatic N) is 1. The van der Waals surface area contributed by atoms with Gasteiger partial charge in [-0.3, -0.25) is 4.79 Å². The summed E-state index contributed by atoms with van der Waals surface area (Å²) >= 11 is 1.78. The number of fused-ring (bicyclic) bond motifs is 1. The smallest absolute Gasteiger partial charge is 0.256 e. The van der Waals surface area contributed by atoms with E-state index in [0.717, 1.165) is 24.2 Å². The lowest BCUT2D eigenvalue weighted by molar-refractivity contribution is -0.128. The van der Waals surface area contributed by atoms with Gasteiger partial charge in [-0.15, -0.1) is 11.3 Å². The lowest BCUT2D eigenvalue weighted by atomic mass is 9.92. The van der Waals surface area contributed by atoms with Gasteiger partial charge in [-0.05, 0) is 41.1 Å². The second-order valence-corrected chi connectivity index (χ2v) is 6.96. The van der Waals surface area contributed by atoms with Crippen LogP contribution in [0.25, 0.3) is 0 Å². The molecule has 2 aliphatic rings. The molecule has 2 aromatic rings. The Labute approximate surface area is 159 Å². The number of carbonyl (C=O) groups excluding carboxylic acids is 1. The molecule has 0 saturated carbocycles. The van der Waals surface area contributed by atoms with E-state index in [-0.39, 0.29) is 11.9 Å². The molecule has 4 heteroatoms. The zero-order chi connectivity index (χ0) is 18.5. The summed E-state index contributed by atoms with van der Waals surface area (Å²) in [5, 5.41) is 5.16. The average molecular weight is 365 g/mol.